The van der Waals surface area contributed by atoms with E-state index in [9.17, 15) is 9.90 Å². The SMILES string of the molecule is COc1ccc(C2CC3(CC(C)(C)NC(=O)N3)Oc3c2ccc(O)c3C)cc1. The lowest BCUT2D eigenvalue weighted by atomic mass is 9.76. The van der Waals surface area contributed by atoms with Gasteiger partial charge in [0.05, 0.1) is 7.11 Å². The molecule has 28 heavy (non-hydrogen) atoms. The van der Waals surface area contributed by atoms with Gasteiger partial charge in [0.25, 0.3) is 0 Å². The van der Waals surface area contributed by atoms with Gasteiger partial charge in [-0.1, -0.05) is 18.2 Å². The van der Waals surface area contributed by atoms with Crippen LogP contribution < -0.4 is 20.1 Å². The second-order valence-corrected chi connectivity index (χ2v) is 8.39. The first kappa shape index (κ1) is 18.5. The fourth-order valence-corrected chi connectivity index (χ4v) is 4.46. The minimum absolute atomic E-state index is 0.0168. The average molecular weight is 382 g/mol. The first-order chi connectivity index (χ1) is 13.2. The third-order valence-corrected chi connectivity index (χ3v) is 5.65. The molecule has 0 saturated carbocycles. The van der Waals surface area contributed by atoms with E-state index in [0.717, 1.165) is 16.9 Å². The molecular formula is C22H26N2O4. The van der Waals surface area contributed by atoms with Gasteiger partial charge in [0.2, 0.25) is 0 Å². The lowest BCUT2D eigenvalue weighted by molar-refractivity contribution is -0.0241. The molecule has 6 nitrogen and oxygen atoms in total. The topological polar surface area (TPSA) is 79.8 Å². The van der Waals surface area contributed by atoms with Crippen LogP contribution in [0.15, 0.2) is 36.4 Å². The molecule has 2 aliphatic heterocycles. The number of hydrogen-bond acceptors (Lipinski definition) is 4. The predicted molar refractivity (Wildman–Crippen MR) is 106 cm³/mol. The van der Waals surface area contributed by atoms with Crippen molar-refractivity contribution in [1.29, 1.82) is 0 Å². The number of aromatic hydroxyl groups is 1. The Hall–Kier alpha value is -2.89. The molecule has 4 rings (SSSR count). The zero-order valence-corrected chi connectivity index (χ0v) is 16.6. The summed E-state index contributed by atoms with van der Waals surface area (Å²) in [4.78, 5) is 12.4. The first-order valence-corrected chi connectivity index (χ1v) is 9.48. The Kier molecular flexibility index (Phi) is 4.17. The second-order valence-electron chi connectivity index (χ2n) is 8.39. The minimum atomic E-state index is -0.845. The predicted octanol–water partition coefficient (Wildman–Crippen LogP) is 3.80. The lowest BCUT2D eigenvalue weighted by Gasteiger charge is -2.49. The van der Waals surface area contributed by atoms with E-state index in [1.54, 1.807) is 13.2 Å². The van der Waals surface area contributed by atoms with Crippen LogP contribution in [-0.4, -0.2) is 29.5 Å². The summed E-state index contributed by atoms with van der Waals surface area (Å²) < 4.78 is 11.7. The summed E-state index contributed by atoms with van der Waals surface area (Å²) >= 11 is 0. The average Bonchev–Trinajstić information content (AvgIpc) is 2.63. The highest BCUT2D eigenvalue weighted by atomic mass is 16.5. The molecule has 3 N–H and O–H groups in total. The number of ether oxygens (including phenoxy) is 2. The highest BCUT2D eigenvalue weighted by molar-refractivity contribution is 5.77. The van der Waals surface area contributed by atoms with E-state index in [1.165, 1.54) is 0 Å². The van der Waals surface area contributed by atoms with Crippen LogP contribution in [0.5, 0.6) is 17.2 Å². The van der Waals surface area contributed by atoms with E-state index in [0.29, 0.717) is 24.2 Å². The number of nitrogens with one attached hydrogen (secondary N) is 2. The minimum Gasteiger partial charge on any atom is -0.508 e. The van der Waals surface area contributed by atoms with E-state index in [2.05, 4.69) is 10.6 Å². The largest absolute Gasteiger partial charge is 0.508 e. The molecule has 2 aromatic carbocycles. The number of methoxy groups -OCH3 is 1. The second kappa shape index (κ2) is 6.33. The number of urea groups is 1. The van der Waals surface area contributed by atoms with E-state index in [-0.39, 0.29) is 17.7 Å². The number of fused-ring (bicyclic) bond motifs is 1. The Morgan fingerprint density at radius 1 is 1.14 bits per heavy atom. The lowest BCUT2D eigenvalue weighted by Crippen LogP contribution is -2.69. The highest BCUT2D eigenvalue weighted by Crippen LogP contribution is 2.49. The fourth-order valence-electron chi connectivity index (χ4n) is 4.46. The summed E-state index contributed by atoms with van der Waals surface area (Å²) in [6, 6.07) is 11.3. The highest BCUT2D eigenvalue weighted by Gasteiger charge is 2.50. The summed E-state index contributed by atoms with van der Waals surface area (Å²) in [6.45, 7) is 5.82. The van der Waals surface area contributed by atoms with E-state index in [1.807, 2.05) is 51.1 Å². The van der Waals surface area contributed by atoms with Gasteiger partial charge in [-0.05, 0) is 44.5 Å². The first-order valence-electron chi connectivity index (χ1n) is 9.48. The Bertz CT molecular complexity index is 923. The van der Waals surface area contributed by atoms with Gasteiger partial charge in [-0.25, -0.2) is 4.79 Å². The molecule has 2 atom stereocenters. The number of carbonyl (C=O) groups excluding carboxylic acids is 1. The van der Waals surface area contributed by atoms with E-state index in [4.69, 9.17) is 9.47 Å². The van der Waals surface area contributed by atoms with Crippen molar-refractivity contribution in [2.24, 2.45) is 0 Å². The Morgan fingerprint density at radius 3 is 2.50 bits per heavy atom. The van der Waals surface area contributed by atoms with Gasteiger partial charge in [-0.3, -0.25) is 0 Å². The molecule has 1 saturated heterocycles. The third-order valence-electron chi connectivity index (χ3n) is 5.65. The number of amides is 2. The van der Waals surface area contributed by atoms with Crippen LogP contribution in [0.4, 0.5) is 4.79 Å². The van der Waals surface area contributed by atoms with Crippen molar-refractivity contribution in [2.45, 2.75) is 50.8 Å². The Labute approximate surface area is 164 Å². The molecule has 0 radical (unpaired) electrons. The molecule has 0 aliphatic carbocycles. The summed E-state index contributed by atoms with van der Waals surface area (Å²) in [6.07, 6.45) is 1.21. The van der Waals surface area contributed by atoms with Gasteiger partial charge in [0, 0.05) is 35.4 Å². The zero-order valence-electron chi connectivity index (χ0n) is 16.6. The maximum Gasteiger partial charge on any atom is 0.318 e. The Balaban J connectivity index is 1.83. The van der Waals surface area contributed by atoms with Crippen molar-refractivity contribution < 1.29 is 19.4 Å². The number of benzene rings is 2. The van der Waals surface area contributed by atoms with Gasteiger partial charge in [-0.2, -0.15) is 0 Å². The van der Waals surface area contributed by atoms with Crippen LogP contribution >= 0.6 is 0 Å². The molecule has 1 fully saturated rings. The van der Waals surface area contributed by atoms with Crippen molar-refractivity contribution in [3.8, 4) is 17.2 Å². The molecule has 2 heterocycles. The van der Waals surface area contributed by atoms with Crippen molar-refractivity contribution >= 4 is 6.03 Å². The normalized spacial score (nSPS) is 25.3. The summed E-state index contributed by atoms with van der Waals surface area (Å²) in [7, 11) is 1.65. The van der Waals surface area contributed by atoms with Crippen molar-refractivity contribution in [3.05, 3.63) is 53.1 Å². The van der Waals surface area contributed by atoms with Crippen molar-refractivity contribution in [2.75, 3.05) is 7.11 Å². The fraction of sp³-hybridized carbons (Fsp3) is 0.409. The van der Waals surface area contributed by atoms with Gasteiger partial charge < -0.3 is 25.2 Å². The molecule has 0 bridgehead atoms. The van der Waals surface area contributed by atoms with Crippen LogP contribution in [0, 0.1) is 6.92 Å². The Morgan fingerprint density at radius 2 is 1.86 bits per heavy atom. The van der Waals surface area contributed by atoms with Crippen LogP contribution in [0.2, 0.25) is 0 Å². The number of phenolic OH excluding ortho intramolecular Hbond substituents is 1. The molecule has 148 valence electrons. The molecule has 6 heteroatoms. The molecular weight excluding hydrogens is 356 g/mol. The number of carbonyl (C=O) groups is 1. The molecule has 0 aromatic heterocycles. The summed E-state index contributed by atoms with van der Waals surface area (Å²) in [5, 5.41) is 16.2. The van der Waals surface area contributed by atoms with Crippen LogP contribution in [-0.2, 0) is 0 Å². The zero-order chi connectivity index (χ0) is 20.1. The molecule has 2 unspecified atom stereocenters. The number of hydrogen-bond donors (Lipinski definition) is 3. The number of rotatable bonds is 2. The van der Waals surface area contributed by atoms with Gasteiger partial charge >= 0.3 is 6.03 Å². The molecule has 1 spiro atoms. The third kappa shape index (κ3) is 3.13. The standard InChI is InChI=1S/C22H26N2O4/c1-13-18(25)10-9-16-17(14-5-7-15(27-4)8-6-14)11-22(28-19(13)16)12-21(2,3)23-20(26)24-22/h5-10,17,25H,11-12H2,1-4H3,(H2,23,24,26). The van der Waals surface area contributed by atoms with Gasteiger partial charge in [0.15, 0.2) is 5.72 Å². The van der Waals surface area contributed by atoms with Crippen LogP contribution in [0.3, 0.4) is 0 Å². The molecule has 2 amide bonds. The van der Waals surface area contributed by atoms with E-state index >= 15 is 0 Å². The van der Waals surface area contributed by atoms with Crippen molar-refractivity contribution in [1.82, 2.24) is 10.6 Å². The number of phenols is 1. The molecule has 2 aliphatic rings. The van der Waals surface area contributed by atoms with Crippen molar-refractivity contribution in [3.63, 3.8) is 0 Å². The van der Waals surface area contributed by atoms with Crippen LogP contribution in [0.1, 0.15) is 49.3 Å². The van der Waals surface area contributed by atoms with Gasteiger partial charge in [0.1, 0.15) is 17.2 Å². The van der Waals surface area contributed by atoms with Gasteiger partial charge in [-0.15, -0.1) is 0 Å². The summed E-state index contributed by atoms with van der Waals surface area (Å²) in [5.41, 5.74) is 1.55. The van der Waals surface area contributed by atoms with Crippen LogP contribution in [0.25, 0.3) is 0 Å². The van der Waals surface area contributed by atoms with E-state index < -0.39 is 11.3 Å². The monoisotopic (exact) mass is 382 g/mol. The quantitative estimate of drug-likeness (QED) is 0.738. The smallest absolute Gasteiger partial charge is 0.318 e. The summed E-state index contributed by atoms with van der Waals surface area (Å²) in [5.74, 6) is 1.64. The maximum atomic E-state index is 12.4. The molecule has 2 aromatic rings. The maximum absolute atomic E-state index is 12.4.